The molecule has 1 N–H and O–H groups in total. The maximum absolute atomic E-state index is 3.75. The summed E-state index contributed by atoms with van der Waals surface area (Å²) in [4.78, 5) is 0. The first-order valence-electron chi connectivity index (χ1n) is 7.36. The van der Waals surface area contributed by atoms with Crippen LogP contribution in [-0.2, 0) is 0 Å². The minimum absolute atomic E-state index is 0.607. The van der Waals surface area contributed by atoms with Crippen molar-refractivity contribution in [2.24, 2.45) is 5.41 Å². The Morgan fingerprint density at radius 2 is 1.71 bits per heavy atom. The lowest BCUT2D eigenvalue weighted by Gasteiger charge is -2.34. The third-order valence-electron chi connectivity index (χ3n) is 4.05. The van der Waals surface area contributed by atoms with Gasteiger partial charge in [0.25, 0.3) is 0 Å². The molecule has 1 nitrogen and oxygen atoms in total. The van der Waals surface area contributed by atoms with Crippen LogP contribution in [0.3, 0.4) is 0 Å². The minimum Gasteiger partial charge on any atom is -0.314 e. The Bertz CT molecular complexity index is 181. The van der Waals surface area contributed by atoms with Gasteiger partial charge in [-0.15, -0.1) is 0 Å². The highest BCUT2D eigenvalue weighted by molar-refractivity contribution is 7.98. The Morgan fingerprint density at radius 3 is 2.35 bits per heavy atom. The summed E-state index contributed by atoms with van der Waals surface area (Å²) in [7, 11) is 0. The molecular formula is C15H31NS. The fourth-order valence-electron chi connectivity index (χ4n) is 2.63. The molecule has 2 heteroatoms. The first-order chi connectivity index (χ1) is 8.14. The molecule has 1 aliphatic rings. The van der Waals surface area contributed by atoms with Crippen molar-refractivity contribution in [2.45, 2.75) is 71.3 Å². The van der Waals surface area contributed by atoms with Gasteiger partial charge in [-0.3, -0.25) is 0 Å². The lowest BCUT2D eigenvalue weighted by atomic mass is 9.75. The van der Waals surface area contributed by atoms with Crippen LogP contribution in [-0.4, -0.2) is 24.6 Å². The van der Waals surface area contributed by atoms with E-state index < -0.39 is 0 Å². The van der Waals surface area contributed by atoms with Crippen LogP contribution in [0.5, 0.6) is 0 Å². The first-order valence-corrected chi connectivity index (χ1v) is 8.76. The molecule has 102 valence electrons. The molecule has 0 spiro atoms. The van der Waals surface area contributed by atoms with Crippen molar-refractivity contribution in [3.8, 4) is 0 Å². The standard InChI is InChI=1S/C15H31NS/c1-15(2)10-8-14(9-11-15)16-12-6-4-5-7-13-17-3/h14,16H,4-13H2,1-3H3. The highest BCUT2D eigenvalue weighted by atomic mass is 32.2. The lowest BCUT2D eigenvalue weighted by molar-refractivity contribution is 0.206. The third-order valence-corrected chi connectivity index (χ3v) is 4.74. The van der Waals surface area contributed by atoms with Crippen LogP contribution in [0.1, 0.15) is 65.2 Å². The Labute approximate surface area is 113 Å². The number of hydrogen-bond donors (Lipinski definition) is 1. The molecule has 0 amide bonds. The average Bonchev–Trinajstić information content (AvgIpc) is 2.30. The number of hydrogen-bond acceptors (Lipinski definition) is 2. The number of nitrogens with one attached hydrogen (secondary N) is 1. The molecule has 0 aliphatic heterocycles. The summed E-state index contributed by atoms with van der Waals surface area (Å²) in [5.41, 5.74) is 0.607. The molecule has 1 fully saturated rings. The van der Waals surface area contributed by atoms with E-state index in [-0.39, 0.29) is 0 Å². The molecule has 0 saturated heterocycles. The maximum Gasteiger partial charge on any atom is 0.00674 e. The summed E-state index contributed by atoms with van der Waals surface area (Å²) in [5.74, 6) is 1.34. The van der Waals surface area contributed by atoms with E-state index in [1.54, 1.807) is 0 Å². The normalized spacial score (nSPS) is 20.6. The van der Waals surface area contributed by atoms with Gasteiger partial charge in [0.1, 0.15) is 0 Å². The van der Waals surface area contributed by atoms with Crippen molar-refractivity contribution in [1.29, 1.82) is 0 Å². The van der Waals surface area contributed by atoms with Crippen LogP contribution in [0.4, 0.5) is 0 Å². The van der Waals surface area contributed by atoms with E-state index in [9.17, 15) is 0 Å². The molecule has 0 unspecified atom stereocenters. The highest BCUT2D eigenvalue weighted by Gasteiger charge is 2.26. The van der Waals surface area contributed by atoms with Gasteiger partial charge in [-0.2, -0.15) is 11.8 Å². The van der Waals surface area contributed by atoms with Crippen LogP contribution >= 0.6 is 11.8 Å². The van der Waals surface area contributed by atoms with Crippen molar-refractivity contribution in [3.05, 3.63) is 0 Å². The number of thioether (sulfide) groups is 1. The minimum atomic E-state index is 0.607. The second kappa shape index (κ2) is 8.42. The van der Waals surface area contributed by atoms with Gasteiger partial charge >= 0.3 is 0 Å². The van der Waals surface area contributed by atoms with Gasteiger partial charge < -0.3 is 5.32 Å². The van der Waals surface area contributed by atoms with E-state index in [0.717, 1.165) is 6.04 Å². The summed E-state index contributed by atoms with van der Waals surface area (Å²) >= 11 is 1.97. The molecule has 1 rings (SSSR count). The molecule has 17 heavy (non-hydrogen) atoms. The predicted molar refractivity (Wildman–Crippen MR) is 80.9 cm³/mol. The zero-order valence-corrected chi connectivity index (χ0v) is 12.9. The second-order valence-electron chi connectivity index (χ2n) is 6.30. The number of rotatable bonds is 8. The molecule has 0 radical (unpaired) electrons. The summed E-state index contributed by atoms with van der Waals surface area (Å²) in [6, 6.07) is 0.814. The van der Waals surface area contributed by atoms with Gasteiger partial charge in [0.15, 0.2) is 0 Å². The van der Waals surface area contributed by atoms with E-state index in [1.807, 2.05) is 11.8 Å². The Hall–Kier alpha value is 0.310. The largest absolute Gasteiger partial charge is 0.314 e. The van der Waals surface area contributed by atoms with Gasteiger partial charge in [-0.05, 0) is 62.5 Å². The lowest BCUT2D eigenvalue weighted by Crippen LogP contribution is -2.36. The van der Waals surface area contributed by atoms with Crippen LogP contribution in [0, 0.1) is 5.41 Å². The fraction of sp³-hybridized carbons (Fsp3) is 1.00. The summed E-state index contributed by atoms with van der Waals surface area (Å²) in [6.45, 7) is 6.06. The zero-order chi connectivity index (χ0) is 12.6. The van der Waals surface area contributed by atoms with E-state index in [4.69, 9.17) is 0 Å². The summed E-state index contributed by atoms with van der Waals surface area (Å²) in [5, 5.41) is 3.75. The van der Waals surface area contributed by atoms with Gasteiger partial charge in [-0.25, -0.2) is 0 Å². The van der Waals surface area contributed by atoms with Crippen LogP contribution in [0.15, 0.2) is 0 Å². The monoisotopic (exact) mass is 257 g/mol. The molecule has 0 bridgehead atoms. The highest BCUT2D eigenvalue weighted by Crippen LogP contribution is 2.34. The van der Waals surface area contributed by atoms with Crippen molar-refractivity contribution in [2.75, 3.05) is 18.6 Å². The summed E-state index contributed by atoms with van der Waals surface area (Å²) in [6.07, 6.45) is 13.4. The quantitative estimate of drug-likeness (QED) is 0.644. The molecule has 0 aromatic rings. The van der Waals surface area contributed by atoms with Crippen molar-refractivity contribution in [1.82, 2.24) is 5.32 Å². The van der Waals surface area contributed by atoms with Crippen LogP contribution < -0.4 is 5.32 Å². The van der Waals surface area contributed by atoms with Gasteiger partial charge in [-0.1, -0.05) is 26.7 Å². The third kappa shape index (κ3) is 7.35. The van der Waals surface area contributed by atoms with Crippen molar-refractivity contribution >= 4 is 11.8 Å². The fourth-order valence-corrected chi connectivity index (χ4v) is 3.13. The second-order valence-corrected chi connectivity index (χ2v) is 7.29. The maximum atomic E-state index is 3.75. The molecule has 1 aliphatic carbocycles. The average molecular weight is 257 g/mol. The van der Waals surface area contributed by atoms with Crippen LogP contribution in [0.25, 0.3) is 0 Å². The molecule has 0 atom stereocenters. The Morgan fingerprint density at radius 1 is 1.06 bits per heavy atom. The van der Waals surface area contributed by atoms with E-state index in [1.165, 1.54) is 63.7 Å². The van der Waals surface area contributed by atoms with Gasteiger partial charge in [0, 0.05) is 6.04 Å². The van der Waals surface area contributed by atoms with Crippen molar-refractivity contribution < 1.29 is 0 Å². The SMILES string of the molecule is CSCCCCCCNC1CCC(C)(C)CC1. The zero-order valence-electron chi connectivity index (χ0n) is 12.1. The van der Waals surface area contributed by atoms with Crippen molar-refractivity contribution in [3.63, 3.8) is 0 Å². The topological polar surface area (TPSA) is 12.0 Å². The molecule has 0 aromatic heterocycles. The Balaban J connectivity index is 1.90. The molecular weight excluding hydrogens is 226 g/mol. The van der Waals surface area contributed by atoms with E-state index in [0.29, 0.717) is 5.41 Å². The van der Waals surface area contributed by atoms with Gasteiger partial charge in [0.2, 0.25) is 0 Å². The molecule has 0 aromatic carbocycles. The molecule has 1 saturated carbocycles. The van der Waals surface area contributed by atoms with Crippen LogP contribution in [0.2, 0.25) is 0 Å². The number of unbranched alkanes of at least 4 members (excludes halogenated alkanes) is 3. The predicted octanol–water partition coefficient (Wildman–Crippen LogP) is 4.47. The molecule has 0 heterocycles. The summed E-state index contributed by atoms with van der Waals surface area (Å²) < 4.78 is 0. The first kappa shape index (κ1) is 15.4. The Kier molecular flexibility index (Phi) is 7.61. The van der Waals surface area contributed by atoms with Gasteiger partial charge in [0.05, 0.1) is 0 Å². The van der Waals surface area contributed by atoms with E-state index in [2.05, 4.69) is 25.4 Å². The van der Waals surface area contributed by atoms with E-state index >= 15 is 0 Å². The smallest absolute Gasteiger partial charge is 0.00674 e.